The van der Waals surface area contributed by atoms with Gasteiger partial charge in [0.1, 0.15) is 0 Å². The van der Waals surface area contributed by atoms with Gasteiger partial charge in [-0.1, -0.05) is 50.3 Å². The second-order valence-electron chi connectivity index (χ2n) is 7.44. The van der Waals surface area contributed by atoms with Gasteiger partial charge in [0.15, 0.2) is 11.9 Å². The Hall–Kier alpha value is -3.22. The van der Waals surface area contributed by atoms with E-state index in [-0.39, 0.29) is 12.2 Å². The third kappa shape index (κ3) is 6.71. The number of carboxylic acid groups (broad SMARTS) is 2. The molecule has 0 saturated heterocycles. The van der Waals surface area contributed by atoms with E-state index in [9.17, 15) is 19.2 Å². The average Bonchev–Trinajstić information content (AvgIpc) is 2.58. The Morgan fingerprint density at radius 2 is 1.90 bits per heavy atom. The number of hydrogen-bond acceptors (Lipinski definition) is 5. The molecule has 1 aliphatic carbocycles. The van der Waals surface area contributed by atoms with E-state index in [4.69, 9.17) is 14.9 Å². The number of carbonyl (C=O) groups excluding carboxylic acids is 2. The number of Topliss-reactive ketones (excluding diaryl/α,β-unsaturated/α-hetero) is 1. The molecule has 0 radical (unpaired) electrons. The van der Waals surface area contributed by atoms with Crippen LogP contribution in [0, 0.1) is 5.41 Å². The second kappa shape index (κ2) is 9.82. The molecular weight excluding hydrogens is 376 g/mol. The molecule has 0 amide bonds. The van der Waals surface area contributed by atoms with Gasteiger partial charge in [-0.3, -0.25) is 9.59 Å². The average molecular weight is 402 g/mol. The highest BCUT2D eigenvalue weighted by atomic mass is 16.5. The number of allylic oxidation sites excluding steroid dienone is 6. The van der Waals surface area contributed by atoms with Crippen LogP contribution < -0.4 is 0 Å². The van der Waals surface area contributed by atoms with Crippen molar-refractivity contribution in [2.75, 3.05) is 0 Å². The number of aliphatic carboxylic acids is 2. The summed E-state index contributed by atoms with van der Waals surface area (Å²) in [5, 5.41) is 17.7. The lowest BCUT2D eigenvalue weighted by molar-refractivity contribution is -0.151. The SMILES string of the molecule is C=C/C=C(C)/C=C/C1=C(C)C(=O)C(OC(=O)/C=C(/CC(=O)O)C(=O)O)CC1(C)C. The van der Waals surface area contributed by atoms with Crippen molar-refractivity contribution in [2.45, 2.75) is 46.6 Å². The first kappa shape index (κ1) is 23.8. The predicted octanol–water partition coefficient (Wildman–Crippen LogP) is 3.39. The zero-order valence-corrected chi connectivity index (χ0v) is 17.0. The molecule has 29 heavy (non-hydrogen) atoms. The quantitative estimate of drug-likeness (QED) is 0.363. The molecule has 7 nitrogen and oxygen atoms in total. The van der Waals surface area contributed by atoms with Crippen LogP contribution in [0.5, 0.6) is 0 Å². The van der Waals surface area contributed by atoms with Crippen molar-refractivity contribution >= 4 is 23.7 Å². The Morgan fingerprint density at radius 3 is 2.41 bits per heavy atom. The van der Waals surface area contributed by atoms with Crippen LogP contribution in [-0.2, 0) is 23.9 Å². The smallest absolute Gasteiger partial charge is 0.332 e. The molecule has 0 spiro atoms. The molecule has 0 heterocycles. The first-order valence-corrected chi connectivity index (χ1v) is 8.98. The van der Waals surface area contributed by atoms with Gasteiger partial charge >= 0.3 is 17.9 Å². The van der Waals surface area contributed by atoms with Gasteiger partial charge in [-0.15, -0.1) is 0 Å². The third-order valence-corrected chi connectivity index (χ3v) is 4.55. The number of ether oxygens (including phenoxy) is 1. The Labute approximate surface area is 169 Å². The molecule has 7 heteroatoms. The topological polar surface area (TPSA) is 118 Å². The predicted molar refractivity (Wildman–Crippen MR) is 107 cm³/mol. The molecule has 156 valence electrons. The lowest BCUT2D eigenvalue weighted by Gasteiger charge is -2.36. The van der Waals surface area contributed by atoms with Crippen LogP contribution in [0.25, 0.3) is 0 Å². The number of ketones is 1. The van der Waals surface area contributed by atoms with Gasteiger partial charge in [0.25, 0.3) is 0 Å². The van der Waals surface area contributed by atoms with Crippen LogP contribution in [-0.4, -0.2) is 40.0 Å². The highest BCUT2D eigenvalue weighted by Gasteiger charge is 2.39. The van der Waals surface area contributed by atoms with Crippen molar-refractivity contribution in [1.82, 2.24) is 0 Å². The third-order valence-electron chi connectivity index (χ3n) is 4.55. The standard InChI is InChI=1S/C22H26O7/c1-6-7-13(2)8-9-16-14(3)20(26)17(12-22(16,4)5)29-19(25)11-15(21(27)28)10-18(23)24/h6-9,11,17H,1,10,12H2,2-5H3,(H,23,24)(H,27,28)/b9-8+,13-7+,15-11-. The first-order valence-electron chi connectivity index (χ1n) is 8.98. The Balaban J connectivity index is 3.11. The molecule has 0 aliphatic heterocycles. The fourth-order valence-electron chi connectivity index (χ4n) is 3.12. The number of esters is 1. The Kier molecular flexibility index (Phi) is 8.06. The van der Waals surface area contributed by atoms with E-state index in [1.807, 2.05) is 39.0 Å². The van der Waals surface area contributed by atoms with Crippen molar-refractivity contribution in [1.29, 1.82) is 0 Å². The monoisotopic (exact) mass is 402 g/mol. The summed E-state index contributed by atoms with van der Waals surface area (Å²) in [6, 6.07) is 0. The minimum atomic E-state index is -1.54. The summed E-state index contributed by atoms with van der Waals surface area (Å²) in [5.41, 5.74) is 1.13. The van der Waals surface area contributed by atoms with Gasteiger partial charge in [-0.05, 0) is 30.4 Å². The number of hydrogen-bond donors (Lipinski definition) is 2. The van der Waals surface area contributed by atoms with E-state index >= 15 is 0 Å². The molecule has 1 aliphatic rings. The fraction of sp³-hybridized carbons (Fsp3) is 0.364. The Morgan fingerprint density at radius 1 is 1.28 bits per heavy atom. The molecule has 0 saturated carbocycles. The largest absolute Gasteiger partial charge is 0.481 e. The first-order chi connectivity index (χ1) is 13.4. The minimum absolute atomic E-state index is 0.216. The molecule has 2 N–H and O–H groups in total. The Bertz CT molecular complexity index is 850. The fourth-order valence-corrected chi connectivity index (χ4v) is 3.12. The molecular formula is C22H26O7. The summed E-state index contributed by atoms with van der Waals surface area (Å²) < 4.78 is 5.18. The van der Waals surface area contributed by atoms with E-state index in [2.05, 4.69) is 6.58 Å². The van der Waals surface area contributed by atoms with Crippen molar-refractivity contribution in [3.8, 4) is 0 Å². The number of carboxylic acids is 2. The maximum absolute atomic E-state index is 12.7. The van der Waals surface area contributed by atoms with Crippen LogP contribution in [0.3, 0.4) is 0 Å². The highest BCUT2D eigenvalue weighted by molar-refractivity contribution is 6.03. The van der Waals surface area contributed by atoms with Gasteiger partial charge in [0.2, 0.25) is 0 Å². The van der Waals surface area contributed by atoms with E-state index in [1.54, 1.807) is 13.0 Å². The molecule has 0 aromatic rings. The van der Waals surface area contributed by atoms with Gasteiger partial charge in [-0.25, -0.2) is 9.59 Å². The van der Waals surface area contributed by atoms with Crippen LogP contribution >= 0.6 is 0 Å². The lowest BCUT2D eigenvalue weighted by atomic mass is 9.71. The summed E-state index contributed by atoms with van der Waals surface area (Å²) >= 11 is 0. The minimum Gasteiger partial charge on any atom is -0.481 e. The van der Waals surface area contributed by atoms with Crippen LogP contribution in [0.15, 0.2) is 59.3 Å². The molecule has 0 bridgehead atoms. The summed E-state index contributed by atoms with van der Waals surface area (Å²) in [4.78, 5) is 46.6. The maximum Gasteiger partial charge on any atom is 0.332 e. The maximum atomic E-state index is 12.7. The molecule has 0 aromatic carbocycles. The van der Waals surface area contributed by atoms with E-state index in [0.29, 0.717) is 11.6 Å². The van der Waals surface area contributed by atoms with Crippen molar-refractivity contribution < 1.29 is 34.1 Å². The van der Waals surface area contributed by atoms with Gasteiger partial charge in [0.05, 0.1) is 12.0 Å². The van der Waals surface area contributed by atoms with Gasteiger partial charge < -0.3 is 14.9 Å². The zero-order chi connectivity index (χ0) is 22.4. The highest BCUT2D eigenvalue weighted by Crippen LogP contribution is 2.40. The number of rotatable bonds is 8. The van der Waals surface area contributed by atoms with Crippen molar-refractivity contribution in [3.63, 3.8) is 0 Å². The summed E-state index contributed by atoms with van der Waals surface area (Å²) in [6.07, 6.45) is 6.14. The van der Waals surface area contributed by atoms with Crippen molar-refractivity contribution in [3.05, 3.63) is 59.3 Å². The second-order valence-corrected chi connectivity index (χ2v) is 7.44. The van der Waals surface area contributed by atoms with Crippen LogP contribution in [0.4, 0.5) is 0 Å². The van der Waals surface area contributed by atoms with Crippen LogP contribution in [0.1, 0.15) is 40.5 Å². The summed E-state index contributed by atoms with van der Waals surface area (Å²) in [5.74, 6) is -4.36. The van der Waals surface area contributed by atoms with Crippen LogP contribution in [0.2, 0.25) is 0 Å². The molecule has 1 atom stereocenters. The normalized spacial score (nSPS) is 20.0. The molecule has 1 unspecified atom stereocenters. The molecule has 1 rings (SSSR count). The summed E-state index contributed by atoms with van der Waals surface area (Å²) in [6.45, 7) is 11.0. The van der Waals surface area contributed by atoms with Crippen molar-refractivity contribution in [2.24, 2.45) is 5.41 Å². The van der Waals surface area contributed by atoms with Gasteiger partial charge in [-0.2, -0.15) is 0 Å². The zero-order valence-electron chi connectivity index (χ0n) is 17.0. The van der Waals surface area contributed by atoms with Gasteiger partial charge in [0, 0.05) is 12.5 Å². The molecule has 0 aromatic heterocycles. The molecule has 0 fully saturated rings. The number of carbonyl (C=O) groups is 4. The van der Waals surface area contributed by atoms with E-state index in [0.717, 1.165) is 11.1 Å². The van der Waals surface area contributed by atoms with E-state index in [1.165, 1.54) is 0 Å². The van der Waals surface area contributed by atoms with E-state index < -0.39 is 41.4 Å². The summed E-state index contributed by atoms with van der Waals surface area (Å²) in [7, 11) is 0. The lowest BCUT2D eigenvalue weighted by Crippen LogP contribution is -2.38.